The molecule has 1 rings (SSSR count). The summed E-state index contributed by atoms with van der Waals surface area (Å²) >= 11 is 3.12. The lowest BCUT2D eigenvalue weighted by atomic mass is 10.4. The average Bonchev–Trinajstić information content (AvgIpc) is 2.20. The standard InChI is InChI=1S/C9H13BrN2O3S/c1-6(2)12(3)16(14,15)8-4-7(10)5-11-9(8)13/h4-6H,1-3H3,(H,11,13). The van der Waals surface area contributed by atoms with Crippen LogP contribution in [0.3, 0.4) is 0 Å². The Labute approximate surface area is 103 Å². The highest BCUT2D eigenvalue weighted by Crippen LogP contribution is 2.16. The zero-order valence-electron chi connectivity index (χ0n) is 9.19. The first-order valence-corrected chi connectivity index (χ1v) is 6.86. The maximum atomic E-state index is 12.0. The maximum absolute atomic E-state index is 12.0. The van der Waals surface area contributed by atoms with E-state index in [4.69, 9.17) is 0 Å². The van der Waals surface area contributed by atoms with Crippen molar-refractivity contribution in [3.05, 3.63) is 27.1 Å². The first kappa shape index (κ1) is 13.4. The van der Waals surface area contributed by atoms with Gasteiger partial charge in [0.15, 0.2) is 0 Å². The number of rotatable bonds is 3. The molecule has 0 atom stereocenters. The largest absolute Gasteiger partial charge is 0.327 e. The molecular formula is C9H13BrN2O3S. The van der Waals surface area contributed by atoms with Gasteiger partial charge in [0.1, 0.15) is 4.90 Å². The third kappa shape index (κ3) is 2.53. The van der Waals surface area contributed by atoms with Gasteiger partial charge in [0, 0.05) is 23.8 Å². The second kappa shape index (κ2) is 4.68. The van der Waals surface area contributed by atoms with Gasteiger partial charge in [-0.1, -0.05) is 0 Å². The van der Waals surface area contributed by atoms with E-state index in [2.05, 4.69) is 20.9 Å². The van der Waals surface area contributed by atoms with Crippen LogP contribution in [0, 0.1) is 0 Å². The number of hydrogen-bond donors (Lipinski definition) is 1. The molecule has 7 heteroatoms. The normalized spacial score (nSPS) is 12.4. The number of hydrogen-bond acceptors (Lipinski definition) is 3. The molecule has 0 aliphatic rings. The van der Waals surface area contributed by atoms with Crippen molar-refractivity contribution in [3.63, 3.8) is 0 Å². The number of aromatic amines is 1. The molecule has 0 amide bonds. The van der Waals surface area contributed by atoms with Crippen LogP contribution in [-0.4, -0.2) is 30.8 Å². The molecule has 0 aromatic carbocycles. The van der Waals surface area contributed by atoms with E-state index in [1.807, 2.05) is 0 Å². The molecule has 0 bridgehead atoms. The summed E-state index contributed by atoms with van der Waals surface area (Å²) < 4.78 is 25.7. The Morgan fingerprint density at radius 3 is 2.50 bits per heavy atom. The third-order valence-electron chi connectivity index (χ3n) is 2.22. The van der Waals surface area contributed by atoms with E-state index in [-0.39, 0.29) is 10.9 Å². The van der Waals surface area contributed by atoms with E-state index in [0.29, 0.717) is 4.47 Å². The highest BCUT2D eigenvalue weighted by atomic mass is 79.9. The molecule has 0 spiro atoms. The molecule has 0 saturated carbocycles. The van der Waals surface area contributed by atoms with Crippen molar-refractivity contribution >= 4 is 26.0 Å². The highest BCUT2D eigenvalue weighted by Gasteiger charge is 2.26. The van der Waals surface area contributed by atoms with Crippen molar-refractivity contribution in [1.29, 1.82) is 0 Å². The second-order valence-electron chi connectivity index (χ2n) is 3.63. The summed E-state index contributed by atoms with van der Waals surface area (Å²) in [5.41, 5.74) is -0.615. The molecule has 90 valence electrons. The predicted molar refractivity (Wildman–Crippen MR) is 64.8 cm³/mol. The van der Waals surface area contributed by atoms with Crippen LogP contribution in [0.2, 0.25) is 0 Å². The Morgan fingerprint density at radius 1 is 1.44 bits per heavy atom. The third-order valence-corrected chi connectivity index (χ3v) is 4.71. The Bertz CT molecular complexity index is 536. The van der Waals surface area contributed by atoms with E-state index in [9.17, 15) is 13.2 Å². The minimum atomic E-state index is -3.73. The van der Waals surface area contributed by atoms with Gasteiger partial charge < -0.3 is 4.98 Å². The molecule has 0 aliphatic carbocycles. The average molecular weight is 309 g/mol. The van der Waals surface area contributed by atoms with Crippen molar-refractivity contribution in [2.45, 2.75) is 24.8 Å². The summed E-state index contributed by atoms with van der Waals surface area (Å²) in [5.74, 6) is 0. The molecular weight excluding hydrogens is 296 g/mol. The summed E-state index contributed by atoms with van der Waals surface area (Å²) in [6.45, 7) is 3.48. The lowest BCUT2D eigenvalue weighted by Gasteiger charge is -2.20. The molecule has 5 nitrogen and oxygen atoms in total. The molecule has 0 radical (unpaired) electrons. The van der Waals surface area contributed by atoms with Crippen LogP contribution in [0.1, 0.15) is 13.8 Å². The SMILES string of the molecule is CC(C)N(C)S(=O)(=O)c1cc(Br)c[nH]c1=O. The Morgan fingerprint density at radius 2 is 2.00 bits per heavy atom. The van der Waals surface area contributed by atoms with E-state index in [0.717, 1.165) is 4.31 Å². The molecule has 1 aromatic heterocycles. The predicted octanol–water partition coefficient (Wildman–Crippen LogP) is 1.17. The number of nitrogens with zero attached hydrogens (tertiary/aromatic N) is 1. The van der Waals surface area contributed by atoms with Crippen LogP contribution in [0.15, 0.2) is 26.4 Å². The van der Waals surface area contributed by atoms with Gasteiger partial charge in [0.2, 0.25) is 10.0 Å². The second-order valence-corrected chi connectivity index (χ2v) is 6.51. The van der Waals surface area contributed by atoms with Gasteiger partial charge in [0.25, 0.3) is 5.56 Å². The monoisotopic (exact) mass is 308 g/mol. The lowest BCUT2D eigenvalue weighted by molar-refractivity contribution is 0.410. The van der Waals surface area contributed by atoms with Crippen LogP contribution < -0.4 is 5.56 Å². The van der Waals surface area contributed by atoms with E-state index in [1.54, 1.807) is 13.8 Å². The number of H-pyrrole nitrogens is 1. The van der Waals surface area contributed by atoms with Crippen molar-refractivity contribution in [2.75, 3.05) is 7.05 Å². The number of pyridine rings is 1. The molecule has 1 heterocycles. The molecule has 0 saturated heterocycles. The van der Waals surface area contributed by atoms with Crippen molar-refractivity contribution in [3.8, 4) is 0 Å². The van der Waals surface area contributed by atoms with E-state index >= 15 is 0 Å². The Kier molecular flexibility index (Phi) is 3.92. The van der Waals surface area contributed by atoms with Crippen molar-refractivity contribution in [2.24, 2.45) is 0 Å². The zero-order valence-corrected chi connectivity index (χ0v) is 11.6. The van der Waals surface area contributed by atoms with Crippen LogP contribution in [0.25, 0.3) is 0 Å². The lowest BCUT2D eigenvalue weighted by Crippen LogP contribution is -2.36. The Hall–Kier alpha value is -0.660. The van der Waals surface area contributed by atoms with Gasteiger partial charge in [-0.25, -0.2) is 8.42 Å². The fourth-order valence-corrected chi connectivity index (χ4v) is 2.99. The minimum absolute atomic E-state index is 0.205. The number of sulfonamides is 1. The van der Waals surface area contributed by atoms with E-state index < -0.39 is 15.6 Å². The maximum Gasteiger partial charge on any atom is 0.268 e. The van der Waals surface area contributed by atoms with Crippen LogP contribution in [-0.2, 0) is 10.0 Å². The minimum Gasteiger partial charge on any atom is -0.327 e. The van der Waals surface area contributed by atoms with Gasteiger partial charge in [-0.15, -0.1) is 0 Å². The van der Waals surface area contributed by atoms with Crippen molar-refractivity contribution < 1.29 is 8.42 Å². The van der Waals surface area contributed by atoms with Gasteiger partial charge in [-0.2, -0.15) is 4.31 Å². The quantitative estimate of drug-likeness (QED) is 0.911. The van der Waals surface area contributed by atoms with Crippen LogP contribution >= 0.6 is 15.9 Å². The number of nitrogens with one attached hydrogen (secondary N) is 1. The molecule has 1 N–H and O–H groups in total. The topological polar surface area (TPSA) is 70.2 Å². The summed E-state index contributed by atoms with van der Waals surface area (Å²) in [4.78, 5) is 13.6. The zero-order chi connectivity index (χ0) is 12.5. The first-order chi connectivity index (χ1) is 7.26. The van der Waals surface area contributed by atoms with Gasteiger partial charge in [-0.3, -0.25) is 4.79 Å². The van der Waals surface area contributed by atoms with E-state index in [1.165, 1.54) is 19.3 Å². The fourth-order valence-electron chi connectivity index (χ4n) is 1.06. The summed E-state index contributed by atoms with van der Waals surface area (Å²) in [7, 11) is -2.29. The smallest absolute Gasteiger partial charge is 0.268 e. The molecule has 0 unspecified atom stereocenters. The number of halogens is 1. The van der Waals surface area contributed by atoms with Gasteiger partial charge >= 0.3 is 0 Å². The summed E-state index contributed by atoms with van der Waals surface area (Å²) in [6, 6.07) is 1.09. The summed E-state index contributed by atoms with van der Waals surface area (Å²) in [6.07, 6.45) is 1.40. The molecule has 0 aliphatic heterocycles. The van der Waals surface area contributed by atoms with Crippen molar-refractivity contribution in [1.82, 2.24) is 9.29 Å². The van der Waals surface area contributed by atoms with Gasteiger partial charge in [0.05, 0.1) is 0 Å². The van der Waals surface area contributed by atoms with Crippen LogP contribution in [0.5, 0.6) is 0 Å². The Balaban J connectivity index is 3.39. The fraction of sp³-hybridized carbons (Fsp3) is 0.444. The van der Waals surface area contributed by atoms with Crippen LogP contribution in [0.4, 0.5) is 0 Å². The molecule has 1 aromatic rings. The highest BCUT2D eigenvalue weighted by molar-refractivity contribution is 9.10. The first-order valence-electron chi connectivity index (χ1n) is 4.63. The summed E-state index contributed by atoms with van der Waals surface area (Å²) in [5, 5.41) is 0. The van der Waals surface area contributed by atoms with Gasteiger partial charge in [-0.05, 0) is 35.8 Å². The molecule has 16 heavy (non-hydrogen) atoms. The molecule has 0 fully saturated rings. The number of aromatic nitrogens is 1.